The van der Waals surface area contributed by atoms with Crippen LogP contribution in [0.25, 0.3) is 11.1 Å². The largest absolute Gasteiger partial charge is 0.772 e. The fourth-order valence-electron chi connectivity index (χ4n) is 2.51. The van der Waals surface area contributed by atoms with E-state index in [1.54, 1.807) is 18.2 Å². The molecule has 0 aliphatic carbocycles. The van der Waals surface area contributed by atoms with E-state index in [1.807, 2.05) is 30.3 Å². The SMILES string of the molecule is O=C1OCC(c2ccc(CS(=O)[O-])c(Cl)c2)=C1c1ccccc1. The van der Waals surface area contributed by atoms with Gasteiger partial charge in [-0.3, -0.25) is 4.21 Å². The molecule has 0 saturated heterocycles. The zero-order chi connectivity index (χ0) is 16.4. The molecule has 1 aliphatic rings. The number of benzene rings is 2. The molecule has 0 fully saturated rings. The number of hydrogen-bond acceptors (Lipinski definition) is 4. The van der Waals surface area contributed by atoms with E-state index in [1.165, 1.54) is 0 Å². The molecule has 23 heavy (non-hydrogen) atoms. The van der Waals surface area contributed by atoms with Crippen LogP contribution in [-0.4, -0.2) is 21.3 Å². The van der Waals surface area contributed by atoms with Gasteiger partial charge in [-0.2, -0.15) is 0 Å². The van der Waals surface area contributed by atoms with Crippen molar-refractivity contribution in [2.24, 2.45) is 0 Å². The molecule has 0 radical (unpaired) electrons. The third-order valence-electron chi connectivity index (χ3n) is 3.59. The van der Waals surface area contributed by atoms with Crippen LogP contribution in [0.5, 0.6) is 0 Å². The zero-order valence-electron chi connectivity index (χ0n) is 12.0. The number of hydrogen-bond donors (Lipinski definition) is 0. The van der Waals surface area contributed by atoms with Gasteiger partial charge < -0.3 is 9.29 Å². The van der Waals surface area contributed by atoms with E-state index in [0.29, 0.717) is 16.2 Å². The molecule has 0 aromatic heterocycles. The van der Waals surface area contributed by atoms with Gasteiger partial charge in [0.2, 0.25) is 0 Å². The van der Waals surface area contributed by atoms with Gasteiger partial charge in [-0.15, -0.1) is 0 Å². The maximum absolute atomic E-state index is 12.1. The molecule has 0 N–H and O–H groups in total. The lowest BCUT2D eigenvalue weighted by Crippen LogP contribution is -1.98. The van der Waals surface area contributed by atoms with Gasteiger partial charge in [-0.1, -0.05) is 65.1 Å². The third kappa shape index (κ3) is 3.37. The molecule has 1 heterocycles. The molecule has 2 aromatic rings. The van der Waals surface area contributed by atoms with Crippen molar-refractivity contribution in [1.29, 1.82) is 0 Å². The maximum Gasteiger partial charge on any atom is 0.339 e. The van der Waals surface area contributed by atoms with Crippen molar-refractivity contribution < 1.29 is 18.3 Å². The van der Waals surface area contributed by atoms with E-state index in [0.717, 1.165) is 16.7 Å². The van der Waals surface area contributed by atoms with Crippen LogP contribution >= 0.6 is 11.6 Å². The predicted molar refractivity (Wildman–Crippen MR) is 88.3 cm³/mol. The molecule has 2 aromatic carbocycles. The first-order valence-corrected chi connectivity index (χ1v) is 8.49. The summed E-state index contributed by atoms with van der Waals surface area (Å²) in [6, 6.07) is 14.4. The molecule has 0 saturated carbocycles. The molecule has 3 rings (SSSR count). The lowest BCUT2D eigenvalue weighted by molar-refractivity contribution is -0.133. The molecule has 1 atom stereocenters. The lowest BCUT2D eigenvalue weighted by Gasteiger charge is -2.10. The maximum atomic E-state index is 12.1. The van der Waals surface area contributed by atoms with Crippen molar-refractivity contribution in [3.8, 4) is 0 Å². The van der Waals surface area contributed by atoms with Gasteiger partial charge in [-0.25, -0.2) is 4.79 Å². The minimum absolute atomic E-state index is 0.140. The molecule has 118 valence electrons. The van der Waals surface area contributed by atoms with E-state index >= 15 is 0 Å². The zero-order valence-corrected chi connectivity index (χ0v) is 13.5. The molecule has 6 heteroatoms. The quantitative estimate of drug-likeness (QED) is 0.629. The highest BCUT2D eigenvalue weighted by molar-refractivity contribution is 7.78. The molecule has 1 unspecified atom stereocenters. The second-order valence-electron chi connectivity index (χ2n) is 5.05. The van der Waals surface area contributed by atoms with Crippen LogP contribution in [0.3, 0.4) is 0 Å². The van der Waals surface area contributed by atoms with Gasteiger partial charge in [0.15, 0.2) is 0 Å². The van der Waals surface area contributed by atoms with E-state index in [-0.39, 0.29) is 18.3 Å². The average molecular weight is 348 g/mol. The summed E-state index contributed by atoms with van der Waals surface area (Å²) < 4.78 is 26.8. The molecular formula is C17H12ClO4S-. The number of esters is 1. The summed E-state index contributed by atoms with van der Waals surface area (Å²) in [5.41, 5.74) is 3.32. The van der Waals surface area contributed by atoms with Gasteiger partial charge in [0.1, 0.15) is 6.61 Å². The van der Waals surface area contributed by atoms with Gasteiger partial charge in [0, 0.05) is 16.3 Å². The molecule has 0 spiro atoms. The van der Waals surface area contributed by atoms with E-state index < -0.39 is 11.1 Å². The second-order valence-corrected chi connectivity index (χ2v) is 6.35. The Morgan fingerprint density at radius 3 is 2.52 bits per heavy atom. The van der Waals surface area contributed by atoms with Crippen molar-refractivity contribution in [3.63, 3.8) is 0 Å². The van der Waals surface area contributed by atoms with Crippen molar-refractivity contribution in [1.82, 2.24) is 0 Å². The molecule has 1 aliphatic heterocycles. The van der Waals surface area contributed by atoms with E-state index in [2.05, 4.69) is 0 Å². The van der Waals surface area contributed by atoms with Gasteiger partial charge in [0.25, 0.3) is 0 Å². The molecule has 0 amide bonds. The van der Waals surface area contributed by atoms with Gasteiger partial charge in [0.05, 0.1) is 5.57 Å². The van der Waals surface area contributed by atoms with Crippen LogP contribution in [0.2, 0.25) is 5.02 Å². The van der Waals surface area contributed by atoms with Crippen LogP contribution in [0.4, 0.5) is 0 Å². The van der Waals surface area contributed by atoms with Gasteiger partial charge in [-0.05, 0) is 22.8 Å². The van der Waals surface area contributed by atoms with Crippen LogP contribution in [0.1, 0.15) is 16.7 Å². The Kier molecular flexibility index (Phi) is 4.61. The Morgan fingerprint density at radius 2 is 1.87 bits per heavy atom. The Bertz CT molecular complexity index is 815. The highest BCUT2D eigenvalue weighted by Crippen LogP contribution is 2.34. The number of carbonyl (C=O) groups excluding carboxylic acids is 1. The van der Waals surface area contributed by atoms with Crippen molar-refractivity contribution in [3.05, 3.63) is 70.2 Å². The third-order valence-corrected chi connectivity index (χ3v) is 4.49. The molecule has 0 bridgehead atoms. The van der Waals surface area contributed by atoms with E-state index in [9.17, 15) is 13.6 Å². The number of rotatable bonds is 4. The summed E-state index contributed by atoms with van der Waals surface area (Å²) in [5, 5.41) is 0.353. The van der Waals surface area contributed by atoms with Crippen LogP contribution in [0, 0.1) is 0 Å². The predicted octanol–water partition coefficient (Wildman–Crippen LogP) is 3.19. The fraction of sp³-hybridized carbons (Fsp3) is 0.118. The Morgan fingerprint density at radius 1 is 1.13 bits per heavy atom. The summed E-state index contributed by atoms with van der Waals surface area (Å²) in [5.74, 6) is -0.508. The normalized spacial score (nSPS) is 15.7. The lowest BCUT2D eigenvalue weighted by atomic mass is 9.96. The Hall–Kier alpha value is -1.95. The second kappa shape index (κ2) is 6.66. The first-order chi connectivity index (χ1) is 11.1. The topological polar surface area (TPSA) is 66.4 Å². The summed E-state index contributed by atoms with van der Waals surface area (Å²) in [6.45, 7) is 0.173. The van der Waals surface area contributed by atoms with Gasteiger partial charge >= 0.3 is 5.97 Å². The fourth-order valence-corrected chi connectivity index (χ4v) is 3.34. The summed E-state index contributed by atoms with van der Waals surface area (Å²) in [6.07, 6.45) is 0. The summed E-state index contributed by atoms with van der Waals surface area (Å²) in [7, 11) is 0. The van der Waals surface area contributed by atoms with E-state index in [4.69, 9.17) is 16.3 Å². The van der Waals surface area contributed by atoms with Crippen LogP contribution in [-0.2, 0) is 26.4 Å². The standard InChI is InChI=1S/C17H13ClO4S/c18-15-8-12(6-7-13(15)10-23(20)21)14-9-22-17(19)16(14)11-4-2-1-3-5-11/h1-8H,9-10H2,(H,20,21)/p-1. The summed E-state index contributed by atoms with van der Waals surface area (Å²) >= 11 is 3.96. The first kappa shape index (κ1) is 15.9. The Balaban J connectivity index is 2.06. The smallest absolute Gasteiger partial charge is 0.339 e. The monoisotopic (exact) mass is 347 g/mol. The summed E-state index contributed by atoms with van der Waals surface area (Å²) in [4.78, 5) is 12.1. The van der Waals surface area contributed by atoms with Crippen molar-refractivity contribution in [2.75, 3.05) is 6.61 Å². The molecular weight excluding hydrogens is 336 g/mol. The highest BCUT2D eigenvalue weighted by Gasteiger charge is 2.27. The number of ether oxygens (including phenoxy) is 1. The minimum atomic E-state index is -2.20. The van der Waals surface area contributed by atoms with Crippen LogP contribution in [0.15, 0.2) is 48.5 Å². The Labute approximate surface area is 141 Å². The first-order valence-electron chi connectivity index (χ1n) is 6.86. The number of halogens is 1. The van der Waals surface area contributed by atoms with Crippen LogP contribution < -0.4 is 0 Å². The molecule has 4 nitrogen and oxygen atoms in total. The van der Waals surface area contributed by atoms with Crippen molar-refractivity contribution >= 4 is 39.8 Å². The minimum Gasteiger partial charge on any atom is -0.772 e. The average Bonchev–Trinajstić information content (AvgIpc) is 2.91. The number of cyclic esters (lactones) is 1. The van der Waals surface area contributed by atoms with Crippen molar-refractivity contribution in [2.45, 2.75) is 5.75 Å². The highest BCUT2D eigenvalue weighted by atomic mass is 35.5. The number of carbonyl (C=O) groups is 1.